The molecule has 1 saturated heterocycles. The van der Waals surface area contributed by atoms with E-state index in [4.69, 9.17) is 4.74 Å². The Hall–Kier alpha value is -0.770. The van der Waals surface area contributed by atoms with Crippen molar-refractivity contribution in [3.63, 3.8) is 0 Å². The number of rotatable bonds is 5. The number of carbonyl (C=O) groups is 1. The predicted octanol–water partition coefficient (Wildman–Crippen LogP) is 1.46. The van der Waals surface area contributed by atoms with Gasteiger partial charge in [-0.05, 0) is 19.3 Å². The van der Waals surface area contributed by atoms with Crippen LogP contribution in [0.4, 0.5) is 4.79 Å². The molecule has 1 N–H and O–H groups in total. The molecule has 0 saturated carbocycles. The fraction of sp³-hybridized carbons (Fsp3) is 0.909. The Morgan fingerprint density at radius 2 is 2.27 bits per heavy atom. The zero-order valence-electron chi connectivity index (χ0n) is 9.95. The topological polar surface area (TPSA) is 41.6 Å². The van der Waals surface area contributed by atoms with Crippen LogP contribution in [0, 0.1) is 5.92 Å². The average molecular weight is 214 g/mol. The summed E-state index contributed by atoms with van der Waals surface area (Å²) in [5.41, 5.74) is 0. The van der Waals surface area contributed by atoms with E-state index >= 15 is 0 Å². The van der Waals surface area contributed by atoms with Crippen LogP contribution in [0.2, 0.25) is 0 Å². The maximum atomic E-state index is 11.7. The number of carbonyl (C=O) groups excluding carboxylic acids is 1. The molecule has 0 spiro atoms. The highest BCUT2D eigenvalue weighted by molar-refractivity contribution is 5.75. The number of nitrogens with one attached hydrogen (secondary N) is 1. The Balaban J connectivity index is 2.56. The van der Waals surface area contributed by atoms with Gasteiger partial charge in [-0.15, -0.1) is 0 Å². The van der Waals surface area contributed by atoms with Gasteiger partial charge >= 0.3 is 6.03 Å². The number of hydrogen-bond donors (Lipinski definition) is 1. The molecule has 2 amide bonds. The molecule has 1 unspecified atom stereocenters. The number of amides is 2. The fourth-order valence-electron chi connectivity index (χ4n) is 1.85. The van der Waals surface area contributed by atoms with Crippen molar-refractivity contribution in [2.45, 2.75) is 33.2 Å². The highest BCUT2D eigenvalue weighted by Crippen LogP contribution is 2.14. The lowest BCUT2D eigenvalue weighted by Crippen LogP contribution is -2.54. The van der Waals surface area contributed by atoms with Gasteiger partial charge in [-0.25, -0.2) is 4.79 Å². The van der Waals surface area contributed by atoms with Crippen LogP contribution in [0.5, 0.6) is 0 Å². The molecule has 15 heavy (non-hydrogen) atoms. The lowest BCUT2D eigenvalue weighted by molar-refractivity contribution is 0.0545. The van der Waals surface area contributed by atoms with Gasteiger partial charge in [-0.1, -0.05) is 13.8 Å². The third-order valence-corrected chi connectivity index (χ3v) is 2.78. The minimum Gasteiger partial charge on any atom is -0.380 e. The minimum atomic E-state index is 0.0552. The minimum absolute atomic E-state index is 0.0552. The SMILES string of the molecule is CCOCC(C(C)C)N1CCCNC1=O. The first-order chi connectivity index (χ1) is 7.16. The van der Waals surface area contributed by atoms with E-state index in [9.17, 15) is 4.79 Å². The van der Waals surface area contributed by atoms with Crippen LogP contribution in [-0.4, -0.2) is 43.3 Å². The van der Waals surface area contributed by atoms with Crippen molar-refractivity contribution in [2.24, 2.45) is 5.92 Å². The lowest BCUT2D eigenvalue weighted by Gasteiger charge is -2.36. The number of urea groups is 1. The Labute approximate surface area is 92.0 Å². The summed E-state index contributed by atoms with van der Waals surface area (Å²) in [7, 11) is 0. The van der Waals surface area contributed by atoms with Crippen LogP contribution in [-0.2, 0) is 4.74 Å². The first-order valence-corrected chi connectivity index (χ1v) is 5.79. The summed E-state index contributed by atoms with van der Waals surface area (Å²) in [6.07, 6.45) is 1.03. The maximum absolute atomic E-state index is 11.7. The van der Waals surface area contributed by atoms with E-state index in [2.05, 4.69) is 19.2 Å². The summed E-state index contributed by atoms with van der Waals surface area (Å²) < 4.78 is 5.44. The maximum Gasteiger partial charge on any atom is 0.317 e. The van der Waals surface area contributed by atoms with Crippen molar-refractivity contribution in [3.05, 3.63) is 0 Å². The second-order valence-corrected chi connectivity index (χ2v) is 4.25. The van der Waals surface area contributed by atoms with Gasteiger partial charge in [-0.3, -0.25) is 0 Å². The molecule has 1 rings (SSSR count). The van der Waals surface area contributed by atoms with Crippen LogP contribution in [0.25, 0.3) is 0 Å². The van der Waals surface area contributed by atoms with Crippen LogP contribution in [0.1, 0.15) is 27.2 Å². The molecule has 4 heteroatoms. The average Bonchev–Trinajstić information content (AvgIpc) is 2.20. The highest BCUT2D eigenvalue weighted by Gasteiger charge is 2.28. The molecule has 88 valence electrons. The van der Waals surface area contributed by atoms with Crippen molar-refractivity contribution >= 4 is 6.03 Å². The van der Waals surface area contributed by atoms with Gasteiger partial charge in [0.25, 0.3) is 0 Å². The van der Waals surface area contributed by atoms with Crippen molar-refractivity contribution in [1.29, 1.82) is 0 Å². The molecule has 0 aliphatic carbocycles. The molecule has 0 aromatic rings. The Bertz CT molecular complexity index is 207. The van der Waals surface area contributed by atoms with Crippen molar-refractivity contribution in [1.82, 2.24) is 10.2 Å². The van der Waals surface area contributed by atoms with E-state index in [1.807, 2.05) is 11.8 Å². The van der Waals surface area contributed by atoms with E-state index in [1.54, 1.807) is 0 Å². The monoisotopic (exact) mass is 214 g/mol. The normalized spacial score (nSPS) is 19.2. The summed E-state index contributed by atoms with van der Waals surface area (Å²) >= 11 is 0. The summed E-state index contributed by atoms with van der Waals surface area (Å²) in [4.78, 5) is 13.6. The Morgan fingerprint density at radius 1 is 1.53 bits per heavy atom. The fourth-order valence-corrected chi connectivity index (χ4v) is 1.85. The van der Waals surface area contributed by atoms with E-state index in [0.717, 1.165) is 19.5 Å². The molecule has 1 heterocycles. The molecular weight excluding hydrogens is 192 g/mol. The van der Waals surface area contributed by atoms with Crippen molar-refractivity contribution < 1.29 is 9.53 Å². The van der Waals surface area contributed by atoms with Crippen LogP contribution >= 0.6 is 0 Å². The summed E-state index contributed by atoms with van der Waals surface area (Å²) in [5, 5.41) is 2.88. The van der Waals surface area contributed by atoms with Crippen LogP contribution in [0.3, 0.4) is 0 Å². The third kappa shape index (κ3) is 3.38. The number of nitrogens with zero attached hydrogens (tertiary/aromatic N) is 1. The third-order valence-electron chi connectivity index (χ3n) is 2.78. The molecule has 0 radical (unpaired) electrons. The smallest absolute Gasteiger partial charge is 0.317 e. The molecule has 0 aromatic heterocycles. The van der Waals surface area contributed by atoms with E-state index in [0.29, 0.717) is 19.1 Å². The van der Waals surface area contributed by atoms with Gasteiger partial charge in [0.2, 0.25) is 0 Å². The van der Waals surface area contributed by atoms with Crippen LogP contribution in [0.15, 0.2) is 0 Å². The van der Waals surface area contributed by atoms with Gasteiger partial charge in [0.15, 0.2) is 0 Å². The summed E-state index contributed by atoms with van der Waals surface area (Å²) in [6, 6.07) is 0.255. The van der Waals surface area contributed by atoms with Gasteiger partial charge in [0, 0.05) is 19.7 Å². The highest BCUT2D eigenvalue weighted by atomic mass is 16.5. The second kappa shape index (κ2) is 5.95. The molecule has 0 bridgehead atoms. The Kier molecular flexibility index (Phi) is 4.88. The van der Waals surface area contributed by atoms with Crippen molar-refractivity contribution in [3.8, 4) is 0 Å². The van der Waals surface area contributed by atoms with Crippen molar-refractivity contribution in [2.75, 3.05) is 26.3 Å². The molecular formula is C11H22N2O2. The molecule has 4 nitrogen and oxygen atoms in total. The number of ether oxygens (including phenoxy) is 1. The van der Waals surface area contributed by atoms with E-state index in [1.165, 1.54) is 0 Å². The zero-order chi connectivity index (χ0) is 11.3. The molecule has 1 atom stereocenters. The summed E-state index contributed by atoms with van der Waals surface area (Å²) in [5.74, 6) is 0.431. The van der Waals surface area contributed by atoms with E-state index in [-0.39, 0.29) is 12.1 Å². The molecule has 1 aliphatic rings. The first kappa shape index (κ1) is 12.3. The standard InChI is InChI=1S/C11H22N2O2/c1-4-15-8-10(9(2)3)13-7-5-6-12-11(13)14/h9-10H,4-8H2,1-3H3,(H,12,14). The second-order valence-electron chi connectivity index (χ2n) is 4.25. The summed E-state index contributed by atoms with van der Waals surface area (Å²) in [6.45, 7) is 9.24. The van der Waals surface area contributed by atoms with Gasteiger partial charge < -0.3 is 15.0 Å². The van der Waals surface area contributed by atoms with Crippen LogP contribution < -0.4 is 5.32 Å². The van der Waals surface area contributed by atoms with Gasteiger partial charge in [-0.2, -0.15) is 0 Å². The predicted molar refractivity (Wildman–Crippen MR) is 59.8 cm³/mol. The van der Waals surface area contributed by atoms with Gasteiger partial charge in [0.05, 0.1) is 12.6 Å². The first-order valence-electron chi connectivity index (χ1n) is 5.79. The molecule has 1 fully saturated rings. The lowest BCUT2D eigenvalue weighted by atomic mass is 10.0. The zero-order valence-corrected chi connectivity index (χ0v) is 9.95. The Morgan fingerprint density at radius 3 is 2.80 bits per heavy atom. The van der Waals surface area contributed by atoms with E-state index < -0.39 is 0 Å². The largest absolute Gasteiger partial charge is 0.380 e. The van der Waals surface area contributed by atoms with Gasteiger partial charge in [0.1, 0.15) is 0 Å². The molecule has 1 aliphatic heterocycles. The molecule has 0 aromatic carbocycles. The number of hydrogen-bond acceptors (Lipinski definition) is 2. The quantitative estimate of drug-likeness (QED) is 0.753.